The SMILES string of the molecule is COc1ccc(C(=O)N(C)CCC(C)N)cc1. The number of hydrogen-bond acceptors (Lipinski definition) is 3. The summed E-state index contributed by atoms with van der Waals surface area (Å²) in [6.45, 7) is 2.61. The van der Waals surface area contributed by atoms with E-state index in [9.17, 15) is 4.79 Å². The molecule has 0 saturated carbocycles. The number of benzene rings is 1. The monoisotopic (exact) mass is 236 g/mol. The Labute approximate surface area is 102 Å². The second-order valence-electron chi connectivity index (χ2n) is 4.22. The number of rotatable bonds is 5. The van der Waals surface area contributed by atoms with Gasteiger partial charge in [-0.05, 0) is 37.6 Å². The van der Waals surface area contributed by atoms with Crippen molar-refractivity contribution in [3.63, 3.8) is 0 Å². The maximum atomic E-state index is 12.0. The Balaban J connectivity index is 2.61. The number of carbonyl (C=O) groups is 1. The van der Waals surface area contributed by atoms with E-state index in [1.54, 1.807) is 43.3 Å². The van der Waals surface area contributed by atoms with E-state index in [-0.39, 0.29) is 11.9 Å². The Morgan fingerprint density at radius 3 is 2.47 bits per heavy atom. The molecule has 94 valence electrons. The Bertz CT molecular complexity index is 360. The Hall–Kier alpha value is -1.55. The summed E-state index contributed by atoms with van der Waals surface area (Å²) >= 11 is 0. The lowest BCUT2D eigenvalue weighted by Crippen LogP contribution is -2.31. The molecule has 0 fully saturated rings. The van der Waals surface area contributed by atoms with Crippen LogP contribution in [-0.2, 0) is 0 Å². The van der Waals surface area contributed by atoms with Crippen LogP contribution in [0.4, 0.5) is 0 Å². The summed E-state index contributed by atoms with van der Waals surface area (Å²) in [4.78, 5) is 13.7. The van der Waals surface area contributed by atoms with Crippen molar-refractivity contribution in [3.05, 3.63) is 29.8 Å². The van der Waals surface area contributed by atoms with Crippen LogP contribution >= 0.6 is 0 Å². The molecular formula is C13H20N2O2. The van der Waals surface area contributed by atoms with E-state index in [4.69, 9.17) is 10.5 Å². The molecule has 0 heterocycles. The number of nitrogens with two attached hydrogens (primary N) is 1. The molecule has 4 nitrogen and oxygen atoms in total. The van der Waals surface area contributed by atoms with Gasteiger partial charge in [0.05, 0.1) is 7.11 Å². The van der Waals surface area contributed by atoms with Crippen LogP contribution in [0.3, 0.4) is 0 Å². The van der Waals surface area contributed by atoms with Crippen molar-refractivity contribution in [3.8, 4) is 5.75 Å². The van der Waals surface area contributed by atoms with Crippen molar-refractivity contribution >= 4 is 5.91 Å². The van der Waals surface area contributed by atoms with Gasteiger partial charge in [-0.3, -0.25) is 4.79 Å². The normalized spacial score (nSPS) is 12.0. The van der Waals surface area contributed by atoms with E-state index in [0.717, 1.165) is 12.2 Å². The number of ether oxygens (including phenoxy) is 1. The van der Waals surface area contributed by atoms with E-state index in [1.165, 1.54) is 0 Å². The molecule has 4 heteroatoms. The fourth-order valence-corrected chi connectivity index (χ4v) is 1.45. The molecule has 0 bridgehead atoms. The van der Waals surface area contributed by atoms with Crippen molar-refractivity contribution in [2.24, 2.45) is 5.73 Å². The Morgan fingerprint density at radius 1 is 1.41 bits per heavy atom. The van der Waals surface area contributed by atoms with Crippen molar-refractivity contribution in [2.45, 2.75) is 19.4 Å². The number of hydrogen-bond donors (Lipinski definition) is 1. The minimum absolute atomic E-state index is 0.00769. The zero-order valence-corrected chi connectivity index (χ0v) is 10.6. The highest BCUT2D eigenvalue weighted by molar-refractivity contribution is 5.94. The van der Waals surface area contributed by atoms with Crippen LogP contribution in [0.25, 0.3) is 0 Å². The molecule has 1 aromatic carbocycles. The van der Waals surface area contributed by atoms with Gasteiger partial charge in [-0.15, -0.1) is 0 Å². The lowest BCUT2D eigenvalue weighted by atomic mass is 10.2. The van der Waals surface area contributed by atoms with Crippen molar-refractivity contribution in [2.75, 3.05) is 20.7 Å². The van der Waals surface area contributed by atoms with E-state index in [1.807, 2.05) is 6.92 Å². The Morgan fingerprint density at radius 2 is 2.00 bits per heavy atom. The highest BCUT2D eigenvalue weighted by atomic mass is 16.5. The molecule has 1 amide bonds. The van der Waals surface area contributed by atoms with Crippen LogP contribution in [0.15, 0.2) is 24.3 Å². The summed E-state index contributed by atoms with van der Waals surface area (Å²) < 4.78 is 5.05. The minimum atomic E-state index is 0.00769. The highest BCUT2D eigenvalue weighted by Crippen LogP contribution is 2.12. The van der Waals surface area contributed by atoms with E-state index in [2.05, 4.69) is 0 Å². The van der Waals surface area contributed by atoms with E-state index >= 15 is 0 Å². The third-order valence-electron chi connectivity index (χ3n) is 2.60. The summed E-state index contributed by atoms with van der Waals surface area (Å²) in [6, 6.07) is 7.22. The van der Waals surface area contributed by atoms with E-state index in [0.29, 0.717) is 12.1 Å². The third-order valence-corrected chi connectivity index (χ3v) is 2.60. The fraction of sp³-hybridized carbons (Fsp3) is 0.462. The summed E-state index contributed by atoms with van der Waals surface area (Å²) in [5.74, 6) is 0.757. The predicted octanol–water partition coefficient (Wildman–Crippen LogP) is 1.50. The molecule has 1 rings (SSSR count). The first-order chi connectivity index (χ1) is 8.04. The van der Waals surface area contributed by atoms with Gasteiger partial charge in [0.25, 0.3) is 5.91 Å². The molecule has 0 aliphatic rings. The molecular weight excluding hydrogens is 216 g/mol. The van der Waals surface area contributed by atoms with Gasteiger partial charge in [-0.2, -0.15) is 0 Å². The quantitative estimate of drug-likeness (QED) is 0.843. The fourth-order valence-electron chi connectivity index (χ4n) is 1.45. The average Bonchev–Trinajstić information content (AvgIpc) is 2.35. The van der Waals surface area contributed by atoms with Gasteiger partial charge in [-0.1, -0.05) is 0 Å². The van der Waals surface area contributed by atoms with Gasteiger partial charge >= 0.3 is 0 Å². The minimum Gasteiger partial charge on any atom is -0.497 e. The van der Waals surface area contributed by atoms with Gasteiger partial charge in [0, 0.05) is 25.2 Å². The maximum Gasteiger partial charge on any atom is 0.253 e. The van der Waals surface area contributed by atoms with Crippen LogP contribution in [0.5, 0.6) is 5.75 Å². The number of nitrogens with zero attached hydrogens (tertiary/aromatic N) is 1. The summed E-state index contributed by atoms with van der Waals surface area (Å²) in [5, 5.41) is 0. The topological polar surface area (TPSA) is 55.6 Å². The van der Waals surface area contributed by atoms with Crippen molar-refractivity contribution in [1.82, 2.24) is 4.90 Å². The highest BCUT2D eigenvalue weighted by Gasteiger charge is 2.11. The number of carbonyl (C=O) groups excluding carboxylic acids is 1. The predicted molar refractivity (Wildman–Crippen MR) is 68.2 cm³/mol. The molecule has 0 aromatic heterocycles. The Kier molecular flexibility index (Phi) is 4.97. The molecule has 17 heavy (non-hydrogen) atoms. The standard InChI is InChI=1S/C13H20N2O2/c1-10(14)8-9-15(2)13(16)11-4-6-12(17-3)7-5-11/h4-7,10H,8-9,14H2,1-3H3. The molecule has 1 unspecified atom stereocenters. The van der Waals surface area contributed by atoms with Crippen LogP contribution in [0.2, 0.25) is 0 Å². The molecule has 0 saturated heterocycles. The lowest BCUT2D eigenvalue weighted by Gasteiger charge is -2.18. The summed E-state index contributed by atoms with van der Waals surface area (Å²) in [7, 11) is 3.39. The van der Waals surface area contributed by atoms with Gasteiger partial charge in [0.15, 0.2) is 0 Å². The van der Waals surface area contributed by atoms with Crippen molar-refractivity contribution < 1.29 is 9.53 Å². The first kappa shape index (κ1) is 13.5. The van der Waals surface area contributed by atoms with Gasteiger partial charge < -0.3 is 15.4 Å². The lowest BCUT2D eigenvalue weighted by molar-refractivity contribution is 0.0792. The number of methoxy groups -OCH3 is 1. The molecule has 1 aromatic rings. The van der Waals surface area contributed by atoms with Crippen LogP contribution in [0.1, 0.15) is 23.7 Å². The van der Waals surface area contributed by atoms with Crippen LogP contribution in [-0.4, -0.2) is 37.6 Å². The maximum absolute atomic E-state index is 12.0. The zero-order chi connectivity index (χ0) is 12.8. The van der Waals surface area contributed by atoms with Crippen LogP contribution < -0.4 is 10.5 Å². The molecule has 0 spiro atoms. The zero-order valence-electron chi connectivity index (χ0n) is 10.6. The second kappa shape index (κ2) is 6.25. The van der Waals surface area contributed by atoms with Gasteiger partial charge in [0.2, 0.25) is 0 Å². The van der Waals surface area contributed by atoms with Gasteiger partial charge in [0.1, 0.15) is 5.75 Å². The van der Waals surface area contributed by atoms with E-state index < -0.39 is 0 Å². The van der Waals surface area contributed by atoms with Crippen LogP contribution in [0, 0.1) is 0 Å². The molecule has 0 radical (unpaired) electrons. The molecule has 1 atom stereocenters. The smallest absolute Gasteiger partial charge is 0.253 e. The third kappa shape index (κ3) is 4.07. The first-order valence-electron chi connectivity index (χ1n) is 5.69. The van der Waals surface area contributed by atoms with Crippen molar-refractivity contribution in [1.29, 1.82) is 0 Å². The summed E-state index contributed by atoms with van der Waals surface area (Å²) in [5.41, 5.74) is 6.33. The molecule has 0 aliphatic carbocycles. The average molecular weight is 236 g/mol. The first-order valence-corrected chi connectivity index (χ1v) is 5.69. The molecule has 0 aliphatic heterocycles. The van der Waals surface area contributed by atoms with Gasteiger partial charge in [-0.25, -0.2) is 0 Å². The summed E-state index contributed by atoms with van der Waals surface area (Å²) in [6.07, 6.45) is 0.804. The second-order valence-corrected chi connectivity index (χ2v) is 4.22. The molecule has 2 N–H and O–H groups in total. The number of amides is 1. The largest absolute Gasteiger partial charge is 0.497 e.